The number of anilines is 1. The molecule has 0 saturated heterocycles. The molecule has 0 spiro atoms. The molecule has 0 aliphatic rings. The van der Waals surface area contributed by atoms with Gasteiger partial charge in [0.1, 0.15) is 5.82 Å². The molecule has 0 aliphatic heterocycles. The second kappa shape index (κ2) is 5.80. The number of halogens is 2. The summed E-state index contributed by atoms with van der Waals surface area (Å²) in [4.78, 5) is 0. The summed E-state index contributed by atoms with van der Waals surface area (Å²) in [5, 5.41) is 12.8. The molecule has 2 N–H and O–H groups in total. The Labute approximate surface area is 115 Å². The van der Waals surface area contributed by atoms with Crippen LogP contribution < -0.4 is 10.1 Å². The third-order valence-electron chi connectivity index (χ3n) is 2.66. The molecule has 100 valence electrons. The number of aromatic hydroxyl groups is 1. The van der Waals surface area contributed by atoms with Crippen LogP contribution >= 0.6 is 11.6 Å². The smallest absolute Gasteiger partial charge is 0.160 e. The zero-order valence-electron chi connectivity index (χ0n) is 10.3. The molecule has 0 aliphatic carbocycles. The van der Waals surface area contributed by atoms with Crippen molar-refractivity contribution < 1.29 is 14.2 Å². The van der Waals surface area contributed by atoms with E-state index in [1.165, 1.54) is 13.2 Å². The molecule has 0 bridgehead atoms. The second-order valence-electron chi connectivity index (χ2n) is 3.99. The molecular weight excluding hydrogens is 269 g/mol. The SMILES string of the molecule is COc1ccc(NCc2ccc(F)c(Cl)c2)cc1O. The van der Waals surface area contributed by atoms with Crippen LogP contribution in [0.3, 0.4) is 0 Å². The van der Waals surface area contributed by atoms with Crippen molar-refractivity contribution in [3.63, 3.8) is 0 Å². The van der Waals surface area contributed by atoms with Gasteiger partial charge in [-0.25, -0.2) is 4.39 Å². The van der Waals surface area contributed by atoms with Crippen LogP contribution in [0.2, 0.25) is 5.02 Å². The maximum Gasteiger partial charge on any atom is 0.160 e. The molecule has 0 amide bonds. The van der Waals surface area contributed by atoms with E-state index in [1.807, 2.05) is 0 Å². The molecule has 2 rings (SSSR count). The monoisotopic (exact) mass is 281 g/mol. The maximum absolute atomic E-state index is 13.0. The fourth-order valence-corrected chi connectivity index (χ4v) is 1.86. The van der Waals surface area contributed by atoms with Gasteiger partial charge in [0.05, 0.1) is 12.1 Å². The van der Waals surface area contributed by atoms with E-state index in [0.717, 1.165) is 11.3 Å². The molecule has 3 nitrogen and oxygen atoms in total. The van der Waals surface area contributed by atoms with Gasteiger partial charge in [-0.15, -0.1) is 0 Å². The minimum absolute atomic E-state index is 0.0599. The molecule has 0 atom stereocenters. The Bertz CT molecular complexity index is 590. The molecule has 5 heteroatoms. The zero-order valence-corrected chi connectivity index (χ0v) is 11.0. The molecule has 0 fully saturated rings. The fraction of sp³-hybridized carbons (Fsp3) is 0.143. The Hall–Kier alpha value is -1.94. The number of phenols is 1. The fourth-order valence-electron chi connectivity index (χ4n) is 1.65. The first-order valence-corrected chi connectivity index (χ1v) is 6.03. The normalized spacial score (nSPS) is 10.3. The molecule has 2 aromatic carbocycles. The topological polar surface area (TPSA) is 41.5 Å². The van der Waals surface area contributed by atoms with Crippen molar-refractivity contribution in [1.29, 1.82) is 0 Å². The third kappa shape index (κ3) is 3.29. The lowest BCUT2D eigenvalue weighted by Gasteiger charge is -2.09. The lowest BCUT2D eigenvalue weighted by atomic mass is 10.2. The summed E-state index contributed by atoms with van der Waals surface area (Å²) >= 11 is 5.70. The van der Waals surface area contributed by atoms with Gasteiger partial charge in [0.15, 0.2) is 11.5 Å². The predicted molar refractivity (Wildman–Crippen MR) is 73.4 cm³/mol. The number of hydrogen-bond acceptors (Lipinski definition) is 3. The van der Waals surface area contributed by atoms with E-state index in [1.54, 1.807) is 30.3 Å². The van der Waals surface area contributed by atoms with Gasteiger partial charge < -0.3 is 15.2 Å². The summed E-state index contributed by atoms with van der Waals surface area (Å²) < 4.78 is 18.0. The largest absolute Gasteiger partial charge is 0.504 e. The Morgan fingerprint density at radius 3 is 2.68 bits per heavy atom. The summed E-state index contributed by atoms with van der Waals surface area (Å²) in [6, 6.07) is 9.54. The van der Waals surface area contributed by atoms with Gasteiger partial charge in [0, 0.05) is 18.3 Å². The van der Waals surface area contributed by atoms with Crippen LogP contribution in [-0.4, -0.2) is 12.2 Å². The predicted octanol–water partition coefficient (Wildman–Crippen LogP) is 3.81. The highest BCUT2D eigenvalue weighted by Crippen LogP contribution is 2.28. The van der Waals surface area contributed by atoms with Crippen LogP contribution in [0.1, 0.15) is 5.56 Å². The Morgan fingerprint density at radius 2 is 2.05 bits per heavy atom. The summed E-state index contributed by atoms with van der Waals surface area (Å²) in [5.41, 5.74) is 1.58. The maximum atomic E-state index is 13.0. The minimum Gasteiger partial charge on any atom is -0.504 e. The Morgan fingerprint density at radius 1 is 1.26 bits per heavy atom. The van der Waals surface area contributed by atoms with E-state index in [0.29, 0.717) is 12.3 Å². The average molecular weight is 282 g/mol. The van der Waals surface area contributed by atoms with Crippen molar-refractivity contribution in [2.45, 2.75) is 6.54 Å². The summed E-state index contributed by atoms with van der Waals surface area (Å²) in [7, 11) is 1.49. The number of phenolic OH excluding ortho intramolecular Hbond substituents is 1. The van der Waals surface area contributed by atoms with Gasteiger partial charge in [-0.1, -0.05) is 17.7 Å². The van der Waals surface area contributed by atoms with E-state index in [4.69, 9.17) is 16.3 Å². The van der Waals surface area contributed by atoms with Crippen LogP contribution in [0.4, 0.5) is 10.1 Å². The van der Waals surface area contributed by atoms with Crippen molar-refractivity contribution >= 4 is 17.3 Å². The van der Waals surface area contributed by atoms with E-state index in [9.17, 15) is 9.50 Å². The lowest BCUT2D eigenvalue weighted by molar-refractivity contribution is 0.373. The summed E-state index contributed by atoms with van der Waals surface area (Å²) in [6.07, 6.45) is 0. The molecule has 0 unspecified atom stereocenters. The number of hydrogen-bond donors (Lipinski definition) is 2. The number of nitrogens with one attached hydrogen (secondary N) is 1. The van der Waals surface area contributed by atoms with Gasteiger partial charge in [-0.2, -0.15) is 0 Å². The average Bonchev–Trinajstić information content (AvgIpc) is 2.40. The standard InChI is InChI=1S/C14H13ClFNO2/c1-19-14-5-3-10(7-13(14)18)17-8-9-2-4-12(16)11(15)6-9/h2-7,17-18H,8H2,1H3. The van der Waals surface area contributed by atoms with Gasteiger partial charge in [-0.3, -0.25) is 0 Å². The van der Waals surface area contributed by atoms with E-state index < -0.39 is 5.82 Å². The zero-order chi connectivity index (χ0) is 13.8. The molecule has 0 heterocycles. The first-order chi connectivity index (χ1) is 9.10. The molecular formula is C14H13ClFNO2. The quantitative estimate of drug-likeness (QED) is 0.895. The third-order valence-corrected chi connectivity index (χ3v) is 2.95. The number of methoxy groups -OCH3 is 1. The second-order valence-corrected chi connectivity index (χ2v) is 4.40. The lowest BCUT2D eigenvalue weighted by Crippen LogP contribution is -1.99. The van der Waals surface area contributed by atoms with Crippen LogP contribution in [-0.2, 0) is 6.54 Å². The van der Waals surface area contributed by atoms with Crippen LogP contribution in [0.25, 0.3) is 0 Å². The van der Waals surface area contributed by atoms with Crippen LogP contribution in [0.5, 0.6) is 11.5 Å². The Balaban J connectivity index is 2.05. The number of ether oxygens (including phenoxy) is 1. The number of benzene rings is 2. The van der Waals surface area contributed by atoms with Crippen molar-refractivity contribution in [3.05, 3.63) is 52.8 Å². The van der Waals surface area contributed by atoms with Crippen molar-refractivity contribution in [2.24, 2.45) is 0 Å². The van der Waals surface area contributed by atoms with E-state index in [2.05, 4.69) is 5.32 Å². The summed E-state index contributed by atoms with van der Waals surface area (Å²) in [5.74, 6) is 0.0347. The number of rotatable bonds is 4. The molecule has 0 aromatic heterocycles. The van der Waals surface area contributed by atoms with Gasteiger partial charge in [0.2, 0.25) is 0 Å². The first kappa shape index (κ1) is 13.5. The molecule has 0 saturated carbocycles. The summed E-state index contributed by atoms with van der Waals surface area (Å²) in [6.45, 7) is 0.478. The molecule has 19 heavy (non-hydrogen) atoms. The highest BCUT2D eigenvalue weighted by atomic mass is 35.5. The molecule has 0 radical (unpaired) electrons. The van der Waals surface area contributed by atoms with Gasteiger partial charge in [-0.05, 0) is 29.8 Å². The highest BCUT2D eigenvalue weighted by molar-refractivity contribution is 6.30. The Kier molecular flexibility index (Phi) is 4.12. The van der Waals surface area contributed by atoms with E-state index in [-0.39, 0.29) is 10.8 Å². The van der Waals surface area contributed by atoms with Gasteiger partial charge >= 0.3 is 0 Å². The van der Waals surface area contributed by atoms with Crippen LogP contribution in [0, 0.1) is 5.82 Å². The van der Waals surface area contributed by atoms with Crippen molar-refractivity contribution in [2.75, 3.05) is 12.4 Å². The van der Waals surface area contributed by atoms with Crippen LogP contribution in [0.15, 0.2) is 36.4 Å². The van der Waals surface area contributed by atoms with Gasteiger partial charge in [0.25, 0.3) is 0 Å². The first-order valence-electron chi connectivity index (χ1n) is 5.65. The minimum atomic E-state index is -0.437. The highest BCUT2D eigenvalue weighted by Gasteiger charge is 2.03. The molecule has 2 aromatic rings. The van der Waals surface area contributed by atoms with Crippen molar-refractivity contribution in [1.82, 2.24) is 0 Å². The van der Waals surface area contributed by atoms with Crippen molar-refractivity contribution in [3.8, 4) is 11.5 Å². The van der Waals surface area contributed by atoms with E-state index >= 15 is 0 Å².